The number of hydrogen-bond acceptors (Lipinski definition) is 6. The lowest BCUT2D eigenvalue weighted by molar-refractivity contribution is -0.144. The second-order valence-electron chi connectivity index (χ2n) is 2.78. The van der Waals surface area contributed by atoms with Crippen molar-refractivity contribution in [2.45, 2.75) is 26.3 Å². The zero-order valence-electron chi connectivity index (χ0n) is 8.19. The van der Waals surface area contributed by atoms with E-state index in [1.807, 2.05) is 6.92 Å². The SMILES string of the molecule is CCOC(=O)C(N)Cc1nnc(C)s1. The fourth-order valence-corrected chi connectivity index (χ4v) is 1.71. The molecular weight excluding hydrogens is 202 g/mol. The molecule has 0 spiro atoms. The summed E-state index contributed by atoms with van der Waals surface area (Å²) in [6, 6.07) is -0.637. The van der Waals surface area contributed by atoms with Crippen molar-refractivity contribution in [2.24, 2.45) is 5.73 Å². The number of nitrogens with zero attached hydrogens (tertiary/aromatic N) is 2. The second kappa shape index (κ2) is 5.02. The van der Waals surface area contributed by atoms with Crippen molar-refractivity contribution in [2.75, 3.05) is 6.61 Å². The molecule has 0 bridgehead atoms. The number of aromatic nitrogens is 2. The summed E-state index contributed by atoms with van der Waals surface area (Å²) in [6.07, 6.45) is 0.393. The molecule has 78 valence electrons. The van der Waals surface area contributed by atoms with Gasteiger partial charge < -0.3 is 10.5 Å². The van der Waals surface area contributed by atoms with Gasteiger partial charge in [0, 0.05) is 6.42 Å². The smallest absolute Gasteiger partial charge is 0.323 e. The van der Waals surface area contributed by atoms with Gasteiger partial charge in [-0.05, 0) is 13.8 Å². The minimum Gasteiger partial charge on any atom is -0.465 e. The van der Waals surface area contributed by atoms with Gasteiger partial charge in [0.2, 0.25) is 0 Å². The lowest BCUT2D eigenvalue weighted by atomic mass is 10.2. The fraction of sp³-hybridized carbons (Fsp3) is 0.625. The third-order valence-electron chi connectivity index (χ3n) is 1.55. The predicted octanol–water partition coefficient (Wildman–Crippen LogP) is 0.279. The van der Waals surface area contributed by atoms with Gasteiger partial charge in [-0.2, -0.15) is 0 Å². The van der Waals surface area contributed by atoms with Crippen molar-refractivity contribution in [3.05, 3.63) is 10.0 Å². The summed E-state index contributed by atoms with van der Waals surface area (Å²) in [5.74, 6) is -0.389. The van der Waals surface area contributed by atoms with Gasteiger partial charge in [0.05, 0.1) is 6.61 Å². The van der Waals surface area contributed by atoms with Crippen molar-refractivity contribution in [3.8, 4) is 0 Å². The number of carbonyl (C=O) groups is 1. The standard InChI is InChI=1S/C8H13N3O2S/c1-3-13-8(12)6(9)4-7-11-10-5(2)14-7/h6H,3-4,9H2,1-2H3. The Morgan fingerprint density at radius 3 is 2.86 bits per heavy atom. The van der Waals surface area contributed by atoms with Crippen LogP contribution in [0.5, 0.6) is 0 Å². The highest BCUT2D eigenvalue weighted by molar-refractivity contribution is 7.11. The molecule has 14 heavy (non-hydrogen) atoms. The molecule has 0 saturated heterocycles. The maximum atomic E-state index is 11.2. The largest absolute Gasteiger partial charge is 0.465 e. The predicted molar refractivity (Wildman–Crippen MR) is 53.0 cm³/mol. The van der Waals surface area contributed by atoms with Crippen molar-refractivity contribution in [3.63, 3.8) is 0 Å². The second-order valence-corrected chi connectivity index (χ2v) is 4.04. The molecule has 1 aromatic heterocycles. The first kappa shape index (κ1) is 11.1. The normalized spacial score (nSPS) is 12.5. The van der Waals surface area contributed by atoms with Gasteiger partial charge >= 0.3 is 5.97 Å². The Balaban J connectivity index is 2.48. The lowest BCUT2D eigenvalue weighted by Gasteiger charge is -2.07. The molecule has 1 atom stereocenters. The maximum absolute atomic E-state index is 11.2. The quantitative estimate of drug-likeness (QED) is 0.730. The van der Waals surface area contributed by atoms with E-state index in [9.17, 15) is 4.79 Å². The van der Waals surface area contributed by atoms with Gasteiger partial charge in [-0.3, -0.25) is 4.79 Å². The minimum atomic E-state index is -0.637. The van der Waals surface area contributed by atoms with Gasteiger partial charge in [-0.15, -0.1) is 21.5 Å². The summed E-state index contributed by atoms with van der Waals surface area (Å²) in [6.45, 7) is 3.96. The van der Waals surface area contributed by atoms with Gasteiger partial charge in [0.25, 0.3) is 0 Å². The topological polar surface area (TPSA) is 78.1 Å². The third kappa shape index (κ3) is 3.04. The highest BCUT2D eigenvalue weighted by atomic mass is 32.1. The van der Waals surface area contributed by atoms with Crippen LogP contribution in [0.3, 0.4) is 0 Å². The van der Waals surface area contributed by atoms with E-state index in [4.69, 9.17) is 10.5 Å². The maximum Gasteiger partial charge on any atom is 0.323 e. The van der Waals surface area contributed by atoms with Crippen LogP contribution in [-0.2, 0) is 16.0 Å². The van der Waals surface area contributed by atoms with E-state index < -0.39 is 6.04 Å². The molecule has 5 nitrogen and oxygen atoms in total. The molecule has 0 radical (unpaired) electrons. The average Bonchev–Trinajstić information content (AvgIpc) is 2.51. The monoisotopic (exact) mass is 215 g/mol. The summed E-state index contributed by atoms with van der Waals surface area (Å²) >= 11 is 1.44. The lowest BCUT2D eigenvalue weighted by Crippen LogP contribution is -2.34. The van der Waals surface area contributed by atoms with Crippen LogP contribution in [0.2, 0.25) is 0 Å². The van der Waals surface area contributed by atoms with E-state index in [1.54, 1.807) is 6.92 Å². The summed E-state index contributed by atoms with van der Waals surface area (Å²) in [4.78, 5) is 11.2. The molecular formula is C8H13N3O2S. The molecule has 1 unspecified atom stereocenters. The van der Waals surface area contributed by atoms with Crippen molar-refractivity contribution in [1.29, 1.82) is 0 Å². The Kier molecular flexibility index (Phi) is 3.97. The molecule has 0 saturated carbocycles. The number of nitrogens with two attached hydrogens (primary N) is 1. The minimum absolute atomic E-state index is 0.349. The van der Waals surface area contributed by atoms with E-state index in [2.05, 4.69) is 10.2 Å². The number of rotatable bonds is 4. The van der Waals surface area contributed by atoms with Gasteiger partial charge in [0.15, 0.2) is 0 Å². The molecule has 2 N–H and O–H groups in total. The molecule has 1 heterocycles. The number of hydrogen-bond donors (Lipinski definition) is 1. The first-order valence-electron chi connectivity index (χ1n) is 4.34. The van der Waals surface area contributed by atoms with Gasteiger partial charge in [0.1, 0.15) is 16.1 Å². The van der Waals surface area contributed by atoms with E-state index >= 15 is 0 Å². The number of esters is 1. The van der Waals surface area contributed by atoms with Gasteiger partial charge in [-0.1, -0.05) is 0 Å². The Bertz CT molecular complexity index is 313. The highest BCUT2D eigenvalue weighted by Gasteiger charge is 2.16. The molecule has 0 amide bonds. The van der Waals surface area contributed by atoms with Gasteiger partial charge in [-0.25, -0.2) is 0 Å². The third-order valence-corrected chi connectivity index (χ3v) is 2.41. The molecule has 0 fully saturated rings. The first-order chi connectivity index (χ1) is 6.63. The molecule has 0 aliphatic carbocycles. The Morgan fingerprint density at radius 2 is 2.36 bits per heavy atom. The van der Waals surface area contributed by atoms with E-state index in [1.165, 1.54) is 11.3 Å². The van der Waals surface area contributed by atoms with Crippen molar-refractivity contribution in [1.82, 2.24) is 10.2 Å². The zero-order valence-corrected chi connectivity index (χ0v) is 9.00. The summed E-state index contributed by atoms with van der Waals surface area (Å²) in [7, 11) is 0. The zero-order chi connectivity index (χ0) is 10.6. The van der Waals surface area contributed by atoms with E-state index in [-0.39, 0.29) is 5.97 Å². The molecule has 6 heteroatoms. The number of ether oxygens (including phenoxy) is 1. The average molecular weight is 215 g/mol. The number of aryl methyl sites for hydroxylation is 1. The highest BCUT2D eigenvalue weighted by Crippen LogP contribution is 2.09. The van der Waals surface area contributed by atoms with E-state index in [0.717, 1.165) is 10.0 Å². The fourth-order valence-electron chi connectivity index (χ4n) is 0.941. The Morgan fingerprint density at radius 1 is 1.64 bits per heavy atom. The van der Waals surface area contributed by atoms with E-state index in [0.29, 0.717) is 13.0 Å². The van der Waals surface area contributed by atoms with Crippen molar-refractivity contribution < 1.29 is 9.53 Å². The Hall–Kier alpha value is -1.01. The van der Waals surface area contributed by atoms with Crippen molar-refractivity contribution >= 4 is 17.3 Å². The molecule has 1 aromatic rings. The van der Waals surface area contributed by atoms with Crippen LogP contribution in [-0.4, -0.2) is 28.8 Å². The van der Waals surface area contributed by atoms with Crippen LogP contribution in [0.4, 0.5) is 0 Å². The summed E-state index contributed by atoms with van der Waals surface area (Å²) in [5.41, 5.74) is 5.61. The molecule has 0 aromatic carbocycles. The van der Waals surface area contributed by atoms with Crippen LogP contribution in [0, 0.1) is 6.92 Å². The first-order valence-corrected chi connectivity index (χ1v) is 5.16. The summed E-state index contributed by atoms with van der Waals surface area (Å²) in [5, 5.41) is 9.35. The van der Waals surface area contributed by atoms with Crippen LogP contribution < -0.4 is 5.73 Å². The van der Waals surface area contributed by atoms with Crippen LogP contribution in [0.25, 0.3) is 0 Å². The Labute approximate surface area is 86.3 Å². The summed E-state index contributed by atoms with van der Waals surface area (Å²) < 4.78 is 4.78. The molecule has 0 aliphatic heterocycles. The number of carbonyl (C=O) groups excluding carboxylic acids is 1. The molecule has 0 aliphatic rings. The molecule has 1 rings (SSSR count). The van der Waals surface area contributed by atoms with Crippen LogP contribution in [0.1, 0.15) is 16.9 Å². The van der Waals surface area contributed by atoms with Crippen LogP contribution >= 0.6 is 11.3 Å². The van der Waals surface area contributed by atoms with Crippen LogP contribution in [0.15, 0.2) is 0 Å².